The van der Waals surface area contributed by atoms with Gasteiger partial charge in [-0.2, -0.15) is 0 Å². The summed E-state index contributed by atoms with van der Waals surface area (Å²) in [5.41, 5.74) is 6.04. The molecule has 188 valence electrons. The van der Waals surface area contributed by atoms with Gasteiger partial charge in [-0.25, -0.2) is 9.78 Å². The number of rotatable bonds is 10. The van der Waals surface area contributed by atoms with Gasteiger partial charge in [-0.1, -0.05) is 35.5 Å². The number of oxime groups is 1. The predicted octanol–water partition coefficient (Wildman–Crippen LogP) is -6.52. The van der Waals surface area contributed by atoms with Crippen LogP contribution in [0.1, 0.15) is 11.3 Å². The van der Waals surface area contributed by atoms with Crippen LogP contribution in [0.5, 0.6) is 0 Å². The van der Waals surface area contributed by atoms with Crippen LogP contribution in [-0.4, -0.2) is 68.2 Å². The van der Waals surface area contributed by atoms with E-state index in [1.54, 1.807) is 0 Å². The molecule has 1 saturated heterocycles. The van der Waals surface area contributed by atoms with Crippen molar-refractivity contribution in [2.24, 2.45) is 10.1 Å². The number of carbonyl (C=O) groups excluding carboxylic acids is 2. The molecule has 12 nitrogen and oxygen atoms in total. The van der Waals surface area contributed by atoms with Gasteiger partial charge in [0.25, 0.3) is 5.91 Å². The van der Waals surface area contributed by atoms with E-state index in [1.807, 2.05) is 30.3 Å². The molecule has 2 aliphatic rings. The largest absolute Gasteiger partial charge is 1.00 e. The Kier molecular flexibility index (Phi) is 12.6. The first kappa shape index (κ1) is 32.7. The number of nitrogens with zero attached hydrogens (tertiary/aromatic N) is 4. The molecule has 3 N–H and O–H groups in total. The summed E-state index contributed by atoms with van der Waals surface area (Å²) < 4.78 is 0. The summed E-state index contributed by atoms with van der Waals surface area (Å²) in [6.07, 6.45) is 0. The fourth-order valence-corrected chi connectivity index (χ4v) is 6.46. The number of nitrogens with two attached hydrogens (primary N) is 1. The average Bonchev–Trinajstić information content (AvgIpc) is 3.29. The first-order chi connectivity index (χ1) is 17.3. The summed E-state index contributed by atoms with van der Waals surface area (Å²) >= 11 is 3.64. The molecule has 0 aliphatic carbocycles. The van der Waals surface area contributed by atoms with Gasteiger partial charge in [-0.15, -0.1) is 34.9 Å². The maximum atomic E-state index is 12.9. The first-order valence-corrected chi connectivity index (χ1v) is 13.1. The normalized spacial score (nSPS) is 19.1. The van der Waals surface area contributed by atoms with E-state index in [2.05, 4.69) is 20.0 Å². The number of anilines is 1. The monoisotopic (exact) mass is 593 g/mol. The van der Waals surface area contributed by atoms with Crippen LogP contribution in [0.2, 0.25) is 0 Å². The number of β-lactam (4-membered cyclic amide) rings is 1. The van der Waals surface area contributed by atoms with E-state index in [9.17, 15) is 29.7 Å². The number of amides is 1. The van der Waals surface area contributed by atoms with Gasteiger partial charge in [0.2, 0.25) is 0 Å². The number of carbonyl (C=O) groups is 3. The fraction of sp³-hybridized carbons (Fsp3) is 0.238. The second kappa shape index (κ2) is 14.7. The molecule has 17 heteroatoms. The molecule has 0 saturated carbocycles. The van der Waals surface area contributed by atoms with Crippen LogP contribution in [0.25, 0.3) is 0 Å². The van der Waals surface area contributed by atoms with Gasteiger partial charge < -0.3 is 30.7 Å². The number of carboxylic acid groups (broad SMARTS) is 2. The predicted molar refractivity (Wildman–Crippen MR) is 131 cm³/mol. The summed E-state index contributed by atoms with van der Waals surface area (Å²) in [6.45, 7) is -0.915. The van der Waals surface area contributed by atoms with Crippen molar-refractivity contribution in [3.05, 3.63) is 57.6 Å². The topological polar surface area (TPSA) is 194 Å². The van der Waals surface area contributed by atoms with Crippen LogP contribution >= 0.6 is 34.9 Å². The second-order valence-corrected chi connectivity index (χ2v) is 10.4. The number of aromatic nitrogens is 1. The molecule has 0 radical (unpaired) electrons. The van der Waals surface area contributed by atoms with E-state index in [-0.39, 0.29) is 75.6 Å². The molecular weight excluding hydrogens is 576 g/mol. The Bertz CT molecular complexity index is 1290. The molecule has 2 atom stereocenters. The Balaban J connectivity index is 0.00000253. The molecule has 3 heterocycles. The average molecular weight is 594 g/mol. The van der Waals surface area contributed by atoms with E-state index >= 15 is 0 Å². The van der Waals surface area contributed by atoms with Crippen molar-refractivity contribution in [1.29, 1.82) is 0 Å². The molecular formula is C21H17N5Na2O7S3. The zero-order valence-corrected chi connectivity index (χ0v) is 26.7. The van der Waals surface area contributed by atoms with Crippen LogP contribution in [0.15, 0.2) is 56.5 Å². The molecule has 2 aromatic rings. The van der Waals surface area contributed by atoms with E-state index in [4.69, 9.17) is 5.73 Å². The Morgan fingerprint density at radius 2 is 1.97 bits per heavy atom. The van der Waals surface area contributed by atoms with Crippen LogP contribution in [0.4, 0.5) is 5.13 Å². The van der Waals surface area contributed by atoms with Crippen LogP contribution in [0.3, 0.4) is 0 Å². The van der Waals surface area contributed by atoms with Crippen molar-refractivity contribution in [2.75, 3.05) is 18.1 Å². The van der Waals surface area contributed by atoms with Crippen LogP contribution < -0.4 is 75.1 Å². The van der Waals surface area contributed by atoms with Gasteiger partial charge in [0.1, 0.15) is 22.5 Å². The van der Waals surface area contributed by atoms with Crippen molar-refractivity contribution in [1.82, 2.24) is 9.88 Å². The smallest absolute Gasteiger partial charge is 0.857 e. The van der Waals surface area contributed by atoms with Gasteiger partial charge in [0.15, 0.2) is 17.8 Å². The summed E-state index contributed by atoms with van der Waals surface area (Å²) in [7, 11) is 0. The van der Waals surface area contributed by atoms with Gasteiger partial charge in [-0.3, -0.25) is 14.7 Å². The van der Waals surface area contributed by atoms with Crippen LogP contribution in [-0.2, 0) is 25.0 Å². The fourth-order valence-electron chi connectivity index (χ4n) is 3.34. The Morgan fingerprint density at radius 3 is 2.58 bits per heavy atom. The van der Waals surface area contributed by atoms with Gasteiger partial charge in [0.05, 0.1) is 5.97 Å². The number of hydrogen-bond acceptors (Lipinski definition) is 13. The maximum Gasteiger partial charge on any atom is 1.00 e. The van der Waals surface area contributed by atoms with Crippen molar-refractivity contribution in [2.45, 2.75) is 17.2 Å². The minimum Gasteiger partial charge on any atom is -0.857 e. The minimum absolute atomic E-state index is 0. The summed E-state index contributed by atoms with van der Waals surface area (Å²) in [4.78, 5) is 49.7. The SMILES string of the molecule is Nc1nc(/C(=N\OCC(=O)[O-])C([O-])=N[C@@H]2C(=O)N3C(C(=O)O)=C(SCc4ccccc4)CS[C@H]23)cs1.[Na+].[Na+]. The third kappa shape index (κ3) is 7.55. The summed E-state index contributed by atoms with van der Waals surface area (Å²) in [6, 6.07) is 8.35. The van der Waals surface area contributed by atoms with Crippen molar-refractivity contribution in [3.8, 4) is 0 Å². The van der Waals surface area contributed by atoms with E-state index < -0.39 is 47.5 Å². The number of nitrogen functional groups attached to an aromatic ring is 1. The van der Waals surface area contributed by atoms with E-state index in [0.717, 1.165) is 21.8 Å². The second-order valence-electron chi connectivity index (χ2n) is 7.30. The molecule has 1 aromatic heterocycles. The third-order valence-electron chi connectivity index (χ3n) is 4.93. The Morgan fingerprint density at radius 1 is 1.26 bits per heavy atom. The van der Waals surface area contributed by atoms with Gasteiger partial charge in [0, 0.05) is 27.7 Å². The molecule has 0 spiro atoms. The van der Waals surface area contributed by atoms with Gasteiger partial charge in [-0.05, 0) is 5.56 Å². The number of hydrogen-bond donors (Lipinski definition) is 2. The van der Waals surface area contributed by atoms with E-state index in [1.165, 1.54) is 28.9 Å². The first-order valence-electron chi connectivity index (χ1n) is 10.2. The molecule has 2 aliphatic heterocycles. The number of aliphatic carboxylic acids is 2. The zero-order valence-electron chi connectivity index (χ0n) is 20.2. The Labute approximate surface area is 273 Å². The molecule has 1 aromatic carbocycles. The van der Waals surface area contributed by atoms with Crippen molar-refractivity contribution >= 4 is 69.4 Å². The number of thiazole rings is 1. The number of carboxylic acids is 2. The summed E-state index contributed by atoms with van der Waals surface area (Å²) in [5.74, 6) is -3.57. The molecule has 0 bridgehead atoms. The van der Waals surface area contributed by atoms with Gasteiger partial charge >= 0.3 is 65.1 Å². The minimum atomic E-state index is -1.56. The zero-order chi connectivity index (χ0) is 25.8. The molecule has 4 rings (SSSR count). The Hall–Kier alpha value is -1.56. The van der Waals surface area contributed by atoms with Crippen molar-refractivity contribution in [3.63, 3.8) is 0 Å². The third-order valence-corrected chi connectivity index (χ3v) is 8.21. The van der Waals surface area contributed by atoms with Crippen molar-refractivity contribution < 1.29 is 93.7 Å². The van der Waals surface area contributed by atoms with E-state index in [0.29, 0.717) is 16.4 Å². The number of fused-ring (bicyclic) bond motifs is 1. The molecule has 0 unspecified atom stereocenters. The number of thioether (sulfide) groups is 2. The molecule has 1 amide bonds. The van der Waals surface area contributed by atoms with Crippen LogP contribution in [0, 0.1) is 0 Å². The standard InChI is InChI=1S/C21H19N5O7S3.2Na/c22-21-23-11(8-36-21)14(25-33-6-13(27)28)17(29)24-15-18(30)26-16(20(31)32)12(9-35-19(15)26)34-7-10-4-2-1-3-5-10;;/h1-5,8,15,19H,6-7,9H2,(H2,22,23)(H,24,29)(H,27,28)(H,31,32);;/q;2*+1/p-2/b25-14+;;/t15-,19-;;/m1../s1. The molecule has 1 fully saturated rings. The quantitative estimate of drug-likeness (QED) is 0.0875. The maximum absolute atomic E-state index is 12.9. The number of aliphatic imine (C=N–C) groups is 1. The summed E-state index contributed by atoms with van der Waals surface area (Å²) in [5, 5.41) is 37.6. The number of benzene rings is 1. The molecule has 38 heavy (non-hydrogen) atoms.